The molecule has 4 nitrogen and oxygen atoms in total. The van der Waals surface area contributed by atoms with Crippen LogP contribution in [0.2, 0.25) is 0 Å². The summed E-state index contributed by atoms with van der Waals surface area (Å²) in [5.41, 5.74) is -1.16. The molecule has 0 aliphatic rings. The first kappa shape index (κ1) is 12.3. The second-order valence-corrected chi connectivity index (χ2v) is 3.07. The molecule has 1 aromatic carbocycles. The van der Waals surface area contributed by atoms with Crippen LogP contribution in [0.5, 0.6) is 0 Å². The molecule has 0 fully saturated rings. The quantitative estimate of drug-likeness (QED) is 0.758. The molecule has 6 heteroatoms. The minimum Gasteiger partial charge on any atom is -0.478 e. The average Bonchev–Trinajstić information content (AvgIpc) is 2.17. The molecule has 0 bridgehead atoms. The van der Waals surface area contributed by atoms with E-state index in [0.717, 1.165) is 0 Å². The summed E-state index contributed by atoms with van der Waals surface area (Å²) < 4.78 is 26.2. The van der Waals surface area contributed by atoms with E-state index in [9.17, 15) is 18.4 Å². The van der Waals surface area contributed by atoms with E-state index in [-0.39, 0.29) is 6.54 Å². The molecule has 0 aromatic heterocycles. The molecule has 0 atom stereocenters. The Morgan fingerprint density at radius 3 is 2.31 bits per heavy atom. The Morgan fingerprint density at radius 1 is 1.25 bits per heavy atom. The number of benzene rings is 1. The Hall–Kier alpha value is -1.82. The van der Waals surface area contributed by atoms with Crippen molar-refractivity contribution >= 4 is 11.8 Å². The number of hydrogen-bond acceptors (Lipinski definition) is 3. The predicted molar refractivity (Wildman–Crippen MR) is 51.6 cm³/mol. The summed E-state index contributed by atoms with van der Waals surface area (Å²) in [5, 5.41) is 11.1. The lowest BCUT2D eigenvalue weighted by Gasteiger charge is -2.04. The minimum atomic E-state index is -1.55. The lowest BCUT2D eigenvalue weighted by atomic mass is 10.1. The van der Waals surface area contributed by atoms with Crippen LogP contribution >= 0.6 is 0 Å². The molecule has 0 heterocycles. The zero-order valence-corrected chi connectivity index (χ0v) is 8.38. The molecule has 0 saturated carbocycles. The largest absolute Gasteiger partial charge is 0.478 e. The third-order valence-corrected chi connectivity index (χ3v) is 1.92. The molecule has 0 radical (unpaired) electrons. The highest BCUT2D eigenvalue weighted by Gasteiger charge is 2.18. The first-order chi connectivity index (χ1) is 7.47. The van der Waals surface area contributed by atoms with Gasteiger partial charge in [-0.25, -0.2) is 13.6 Å². The van der Waals surface area contributed by atoms with Crippen LogP contribution in [0.1, 0.15) is 20.7 Å². The minimum absolute atomic E-state index is 0.151. The van der Waals surface area contributed by atoms with E-state index in [1.807, 2.05) is 0 Å². The Balaban J connectivity index is 3.24. The first-order valence-electron chi connectivity index (χ1n) is 4.37. The van der Waals surface area contributed by atoms with Crippen LogP contribution in [0, 0.1) is 11.6 Å². The third kappa shape index (κ3) is 2.40. The summed E-state index contributed by atoms with van der Waals surface area (Å²) in [6.07, 6.45) is 0. The molecule has 0 aliphatic carbocycles. The lowest BCUT2D eigenvalue weighted by molar-refractivity contribution is 0.0692. The normalized spacial score (nSPS) is 10.2. The maximum Gasteiger partial charge on any atom is 0.338 e. The number of carbonyl (C=O) groups is 2. The van der Waals surface area contributed by atoms with E-state index in [0.29, 0.717) is 12.1 Å². The van der Waals surface area contributed by atoms with Crippen LogP contribution in [-0.4, -0.2) is 30.5 Å². The van der Waals surface area contributed by atoms with Crippen LogP contribution in [0.4, 0.5) is 8.78 Å². The van der Waals surface area contributed by atoms with E-state index in [4.69, 9.17) is 5.11 Å². The number of carboxylic acid groups (broad SMARTS) is 1. The summed E-state index contributed by atoms with van der Waals surface area (Å²) in [6, 6.07) is 1.10. The fourth-order valence-corrected chi connectivity index (χ4v) is 1.18. The molecular formula is C10H9F2NO3. The number of halogens is 2. The van der Waals surface area contributed by atoms with Crippen molar-refractivity contribution in [3.8, 4) is 0 Å². The summed E-state index contributed by atoms with van der Waals surface area (Å²) >= 11 is 0. The van der Waals surface area contributed by atoms with E-state index in [2.05, 4.69) is 5.32 Å². The fraction of sp³-hybridized carbons (Fsp3) is 0.200. The SMILES string of the molecule is CNCC(=O)c1cc(C(=O)O)c(F)cc1F. The predicted octanol–water partition coefficient (Wildman–Crippen LogP) is 1.07. The van der Waals surface area contributed by atoms with Crippen LogP contribution in [0.3, 0.4) is 0 Å². The lowest BCUT2D eigenvalue weighted by Crippen LogP contribution is -2.20. The van der Waals surface area contributed by atoms with Crippen molar-refractivity contribution in [1.82, 2.24) is 5.32 Å². The summed E-state index contributed by atoms with van der Waals surface area (Å²) in [5.74, 6) is -4.45. The highest BCUT2D eigenvalue weighted by molar-refractivity contribution is 6.00. The summed E-state index contributed by atoms with van der Waals surface area (Å²) in [7, 11) is 1.48. The highest BCUT2D eigenvalue weighted by atomic mass is 19.1. The van der Waals surface area contributed by atoms with Gasteiger partial charge >= 0.3 is 5.97 Å². The molecule has 0 amide bonds. The number of likely N-dealkylation sites (N-methyl/N-ethyl adjacent to an activating group) is 1. The van der Waals surface area contributed by atoms with Gasteiger partial charge in [0.1, 0.15) is 11.6 Å². The van der Waals surface area contributed by atoms with Gasteiger partial charge < -0.3 is 10.4 Å². The zero-order valence-electron chi connectivity index (χ0n) is 8.38. The number of rotatable bonds is 4. The van der Waals surface area contributed by atoms with Gasteiger partial charge in [-0.2, -0.15) is 0 Å². The van der Waals surface area contributed by atoms with Crippen LogP contribution in [-0.2, 0) is 0 Å². The molecule has 0 aliphatic heterocycles. The van der Waals surface area contributed by atoms with Crippen molar-refractivity contribution in [3.63, 3.8) is 0 Å². The van der Waals surface area contributed by atoms with Crippen molar-refractivity contribution in [2.75, 3.05) is 13.6 Å². The average molecular weight is 229 g/mol. The maximum atomic E-state index is 13.2. The number of ketones is 1. The first-order valence-corrected chi connectivity index (χ1v) is 4.37. The Kier molecular flexibility index (Phi) is 3.68. The molecular weight excluding hydrogens is 220 g/mol. The van der Waals surface area contributed by atoms with Crippen LogP contribution < -0.4 is 5.32 Å². The smallest absolute Gasteiger partial charge is 0.338 e. The van der Waals surface area contributed by atoms with Crippen molar-refractivity contribution in [2.24, 2.45) is 0 Å². The van der Waals surface area contributed by atoms with E-state index in [1.54, 1.807) is 0 Å². The van der Waals surface area contributed by atoms with Gasteiger partial charge in [-0.05, 0) is 13.1 Å². The number of aromatic carboxylic acids is 1. The number of carbonyl (C=O) groups excluding carboxylic acids is 1. The molecule has 86 valence electrons. The van der Waals surface area contributed by atoms with Crippen LogP contribution in [0.25, 0.3) is 0 Å². The highest BCUT2D eigenvalue weighted by Crippen LogP contribution is 2.15. The topological polar surface area (TPSA) is 66.4 Å². The molecule has 2 N–H and O–H groups in total. The number of nitrogens with one attached hydrogen (secondary N) is 1. The second-order valence-electron chi connectivity index (χ2n) is 3.07. The zero-order chi connectivity index (χ0) is 12.3. The van der Waals surface area contributed by atoms with Gasteiger partial charge in [0.2, 0.25) is 0 Å². The van der Waals surface area contributed by atoms with Crippen molar-refractivity contribution in [3.05, 3.63) is 34.9 Å². The van der Waals surface area contributed by atoms with Crippen molar-refractivity contribution in [2.45, 2.75) is 0 Å². The molecule has 0 unspecified atom stereocenters. The van der Waals surface area contributed by atoms with Gasteiger partial charge in [0.15, 0.2) is 5.78 Å². The van der Waals surface area contributed by atoms with Crippen molar-refractivity contribution in [1.29, 1.82) is 0 Å². The number of hydrogen-bond donors (Lipinski definition) is 2. The maximum absolute atomic E-state index is 13.2. The summed E-state index contributed by atoms with van der Waals surface area (Å²) in [6.45, 7) is -0.151. The molecule has 0 spiro atoms. The standard InChI is InChI=1S/C10H9F2NO3/c1-13-4-9(14)5-2-6(10(15)16)8(12)3-7(5)11/h2-3,13H,4H2,1H3,(H,15,16). The Labute approximate surface area is 89.9 Å². The molecule has 16 heavy (non-hydrogen) atoms. The second kappa shape index (κ2) is 4.80. The Morgan fingerprint density at radius 2 is 1.81 bits per heavy atom. The Bertz CT molecular complexity index is 446. The summed E-state index contributed by atoms with van der Waals surface area (Å²) in [4.78, 5) is 21.9. The molecule has 1 aromatic rings. The van der Waals surface area contributed by atoms with Gasteiger partial charge in [-0.15, -0.1) is 0 Å². The van der Waals surface area contributed by atoms with Gasteiger partial charge in [0, 0.05) is 6.07 Å². The van der Waals surface area contributed by atoms with E-state index < -0.39 is 34.5 Å². The molecule has 1 rings (SSSR count). The third-order valence-electron chi connectivity index (χ3n) is 1.92. The van der Waals surface area contributed by atoms with Gasteiger partial charge in [-0.3, -0.25) is 4.79 Å². The van der Waals surface area contributed by atoms with E-state index in [1.165, 1.54) is 7.05 Å². The number of Topliss-reactive ketones (excluding diaryl/α,β-unsaturated/α-hetero) is 1. The number of carboxylic acids is 1. The van der Waals surface area contributed by atoms with Crippen molar-refractivity contribution < 1.29 is 23.5 Å². The monoisotopic (exact) mass is 229 g/mol. The van der Waals surface area contributed by atoms with E-state index >= 15 is 0 Å². The van der Waals surface area contributed by atoms with Gasteiger partial charge in [0.05, 0.1) is 17.7 Å². The fourth-order valence-electron chi connectivity index (χ4n) is 1.18. The van der Waals surface area contributed by atoms with Crippen LogP contribution in [0.15, 0.2) is 12.1 Å². The van der Waals surface area contributed by atoms with Gasteiger partial charge in [-0.1, -0.05) is 0 Å². The van der Waals surface area contributed by atoms with Gasteiger partial charge in [0.25, 0.3) is 0 Å². The molecule has 0 saturated heterocycles.